The molecule has 8 aromatic carbocycles. The Bertz CT molecular complexity index is 2660. The third-order valence-electron chi connectivity index (χ3n) is 11.9. The van der Waals surface area contributed by atoms with Crippen LogP contribution < -0.4 is 0 Å². The van der Waals surface area contributed by atoms with E-state index < -0.39 is 0 Å². The van der Waals surface area contributed by atoms with Gasteiger partial charge in [0.15, 0.2) is 11.6 Å². The van der Waals surface area contributed by atoms with Crippen molar-refractivity contribution >= 4 is 35.1 Å². The summed E-state index contributed by atoms with van der Waals surface area (Å²) in [5, 5.41) is -0.540. The lowest BCUT2D eigenvalue weighted by molar-refractivity contribution is 0.0981. The van der Waals surface area contributed by atoms with Crippen molar-refractivity contribution in [2.45, 2.75) is 54.8 Å². The van der Waals surface area contributed by atoms with Crippen LogP contribution in [0.25, 0.3) is 44.5 Å². The zero-order chi connectivity index (χ0) is 43.9. The van der Waals surface area contributed by atoms with E-state index in [0.29, 0.717) is 11.1 Å². The van der Waals surface area contributed by atoms with Gasteiger partial charge < -0.3 is 0 Å². The summed E-state index contributed by atoms with van der Waals surface area (Å²) in [4.78, 5) is 29.4. The predicted octanol–water partition coefficient (Wildman–Crippen LogP) is 16.7. The fourth-order valence-corrected chi connectivity index (χ4v) is 11.2. The van der Waals surface area contributed by atoms with Crippen LogP contribution in [0.1, 0.15) is 81.4 Å². The second-order valence-electron chi connectivity index (χ2n) is 16.3. The fourth-order valence-electron chi connectivity index (χ4n) is 8.21. The number of hydrogen-bond donors (Lipinski definition) is 0. The van der Waals surface area contributed by atoms with Gasteiger partial charge in [-0.3, -0.25) is 9.59 Å². The Morgan fingerprint density at radius 3 is 1.08 bits per heavy atom. The van der Waals surface area contributed by atoms with E-state index in [1.807, 2.05) is 72.8 Å². The van der Waals surface area contributed by atoms with Crippen LogP contribution >= 0.6 is 23.5 Å². The smallest absolute Gasteiger partial charge is 0.180 e. The summed E-state index contributed by atoms with van der Waals surface area (Å²) in [6, 6.07) is 74.7. The number of benzene rings is 8. The molecule has 64 heavy (non-hydrogen) atoms. The van der Waals surface area contributed by atoms with Crippen LogP contribution in [-0.2, 0) is 0 Å². The van der Waals surface area contributed by atoms with Crippen LogP contribution in [0.15, 0.2) is 218 Å². The van der Waals surface area contributed by atoms with Crippen molar-refractivity contribution in [2.24, 2.45) is 0 Å². The SMILES string of the molecule is CCCCCC(CCSC(C(=O)c1ccc(-c2ccccc2)cc1)c1ccc(-c2ccccc2)cc1)SC(C(=O)c1ccc(-c2ccccc2)cc1)c1ccc(-c2ccccc2)cc1. The standard InChI is InChI=1S/C60H54O2S2/c1-2-3-8-25-56(64-60(55-40-32-51(33-41-55)47-23-15-7-16-24-47)58(62)53-36-28-49(29-37-53)45-19-11-5-12-20-45)42-43-63-59(54-38-30-50(31-39-54)46-21-13-6-14-22-46)57(61)52-34-26-48(27-35-52)44-17-9-4-10-18-44/h4-7,9-24,26-41,56,59-60H,2-3,8,25,42-43H2,1H3. The Balaban J connectivity index is 1.06. The highest BCUT2D eigenvalue weighted by atomic mass is 32.2. The molecule has 0 aromatic heterocycles. The van der Waals surface area contributed by atoms with Crippen LogP contribution in [0.5, 0.6) is 0 Å². The Kier molecular flexibility index (Phi) is 15.6. The quantitative estimate of drug-likeness (QED) is 0.0564. The molecular weight excluding hydrogens is 817 g/mol. The summed E-state index contributed by atoms with van der Waals surface area (Å²) in [5.74, 6) is 1.01. The zero-order valence-corrected chi connectivity index (χ0v) is 38.0. The number of carbonyl (C=O) groups is 2. The van der Waals surface area contributed by atoms with Crippen molar-refractivity contribution in [1.82, 2.24) is 0 Å². The van der Waals surface area contributed by atoms with Gasteiger partial charge in [0.2, 0.25) is 0 Å². The molecule has 3 unspecified atom stereocenters. The molecule has 0 amide bonds. The second kappa shape index (κ2) is 22.4. The van der Waals surface area contributed by atoms with E-state index in [1.165, 1.54) is 0 Å². The summed E-state index contributed by atoms with van der Waals surface area (Å²) < 4.78 is 0. The Morgan fingerprint density at radius 2 is 0.703 bits per heavy atom. The van der Waals surface area contributed by atoms with Crippen LogP contribution in [-0.4, -0.2) is 22.6 Å². The number of thioether (sulfide) groups is 2. The maximum Gasteiger partial charge on any atom is 0.180 e. The van der Waals surface area contributed by atoms with Gasteiger partial charge in [-0.2, -0.15) is 0 Å². The minimum Gasteiger partial charge on any atom is -0.293 e. The summed E-state index contributed by atoms with van der Waals surface area (Å²) in [6.07, 6.45) is 5.24. The van der Waals surface area contributed by atoms with Gasteiger partial charge in [0.05, 0.1) is 10.5 Å². The second-order valence-corrected chi connectivity index (χ2v) is 18.9. The van der Waals surface area contributed by atoms with Crippen LogP contribution in [0.2, 0.25) is 0 Å². The molecule has 2 nitrogen and oxygen atoms in total. The number of unbranched alkanes of at least 4 members (excludes halogenated alkanes) is 2. The maximum atomic E-state index is 14.8. The van der Waals surface area contributed by atoms with E-state index in [0.717, 1.165) is 93.5 Å². The normalized spacial score (nSPS) is 12.6. The summed E-state index contributed by atoms with van der Waals surface area (Å²) >= 11 is 3.53. The molecule has 0 bridgehead atoms. The zero-order valence-electron chi connectivity index (χ0n) is 36.4. The van der Waals surface area contributed by atoms with E-state index in [4.69, 9.17) is 0 Å². The summed E-state index contributed by atoms with van der Waals surface area (Å²) in [5.41, 5.74) is 12.4. The molecule has 0 aliphatic heterocycles. The number of carbonyl (C=O) groups excluding carboxylic acids is 2. The average Bonchev–Trinajstić information content (AvgIpc) is 3.37. The molecule has 0 saturated heterocycles. The first-order valence-electron chi connectivity index (χ1n) is 22.5. The number of ketones is 2. The van der Waals surface area contributed by atoms with Gasteiger partial charge >= 0.3 is 0 Å². The number of Topliss-reactive ketones (excluding diaryl/α,β-unsaturated/α-hetero) is 2. The molecule has 0 aliphatic rings. The molecular formula is C60H54O2S2. The van der Waals surface area contributed by atoms with E-state index >= 15 is 0 Å². The minimum atomic E-state index is -0.380. The molecule has 0 spiro atoms. The first-order chi connectivity index (χ1) is 31.5. The molecule has 8 rings (SSSR count). The summed E-state index contributed by atoms with van der Waals surface area (Å²) in [6.45, 7) is 2.24. The van der Waals surface area contributed by atoms with E-state index in [1.54, 1.807) is 23.5 Å². The van der Waals surface area contributed by atoms with Crippen molar-refractivity contribution in [2.75, 3.05) is 5.75 Å². The van der Waals surface area contributed by atoms with E-state index in [9.17, 15) is 9.59 Å². The molecule has 8 aromatic rings. The molecule has 0 radical (unpaired) electrons. The Labute approximate surface area is 388 Å². The van der Waals surface area contributed by atoms with Gasteiger partial charge in [0, 0.05) is 16.4 Å². The van der Waals surface area contributed by atoms with Crippen molar-refractivity contribution in [1.29, 1.82) is 0 Å². The number of hydrogen-bond acceptors (Lipinski definition) is 4. The molecule has 0 fully saturated rings. The Hall–Kier alpha value is -6.20. The lowest BCUT2D eigenvalue weighted by Gasteiger charge is -2.25. The van der Waals surface area contributed by atoms with Crippen LogP contribution in [0, 0.1) is 0 Å². The highest BCUT2D eigenvalue weighted by molar-refractivity contribution is 8.01. The first kappa shape index (κ1) is 44.4. The van der Waals surface area contributed by atoms with Crippen LogP contribution in [0.4, 0.5) is 0 Å². The topological polar surface area (TPSA) is 34.1 Å². The lowest BCUT2D eigenvalue weighted by atomic mass is 9.97. The molecule has 0 saturated carbocycles. The lowest BCUT2D eigenvalue weighted by Crippen LogP contribution is -2.16. The predicted molar refractivity (Wildman–Crippen MR) is 274 cm³/mol. The molecule has 0 N–H and O–H groups in total. The van der Waals surface area contributed by atoms with Crippen molar-refractivity contribution < 1.29 is 9.59 Å². The van der Waals surface area contributed by atoms with Crippen molar-refractivity contribution in [3.05, 3.63) is 241 Å². The van der Waals surface area contributed by atoms with Crippen molar-refractivity contribution in [3.8, 4) is 44.5 Å². The maximum absolute atomic E-state index is 14.8. The van der Waals surface area contributed by atoms with E-state index in [-0.39, 0.29) is 27.3 Å². The highest BCUT2D eigenvalue weighted by Gasteiger charge is 2.28. The highest BCUT2D eigenvalue weighted by Crippen LogP contribution is 2.42. The average molecular weight is 871 g/mol. The molecule has 4 heteroatoms. The van der Waals surface area contributed by atoms with Crippen molar-refractivity contribution in [3.63, 3.8) is 0 Å². The van der Waals surface area contributed by atoms with Gasteiger partial charge in [-0.15, -0.1) is 23.5 Å². The molecule has 3 atom stereocenters. The fraction of sp³-hybridized carbons (Fsp3) is 0.167. The third-order valence-corrected chi connectivity index (χ3v) is 14.8. The van der Waals surface area contributed by atoms with Gasteiger partial charge in [-0.05, 0) is 74.2 Å². The molecule has 0 aliphatic carbocycles. The van der Waals surface area contributed by atoms with Gasteiger partial charge in [0.25, 0.3) is 0 Å². The first-order valence-corrected chi connectivity index (χ1v) is 24.5. The van der Waals surface area contributed by atoms with Gasteiger partial charge in [-0.25, -0.2) is 0 Å². The molecule has 318 valence electrons. The number of rotatable bonds is 20. The largest absolute Gasteiger partial charge is 0.293 e. The Morgan fingerprint density at radius 1 is 0.375 bits per heavy atom. The van der Waals surface area contributed by atoms with Gasteiger partial charge in [0.1, 0.15) is 0 Å². The minimum absolute atomic E-state index is 0.109. The monoisotopic (exact) mass is 870 g/mol. The summed E-state index contributed by atoms with van der Waals surface area (Å²) in [7, 11) is 0. The third kappa shape index (κ3) is 11.5. The molecule has 0 heterocycles. The van der Waals surface area contributed by atoms with E-state index in [2.05, 4.69) is 153 Å². The van der Waals surface area contributed by atoms with Crippen LogP contribution in [0.3, 0.4) is 0 Å². The van der Waals surface area contributed by atoms with Gasteiger partial charge in [-0.1, -0.05) is 245 Å².